The van der Waals surface area contributed by atoms with Crippen LogP contribution in [0, 0.1) is 6.92 Å². The van der Waals surface area contributed by atoms with Crippen LogP contribution in [-0.2, 0) is 0 Å². The second-order valence-electron chi connectivity index (χ2n) is 2.93. The summed E-state index contributed by atoms with van der Waals surface area (Å²) in [5.74, 6) is 0.928. The molecule has 0 atom stereocenters. The van der Waals surface area contributed by atoms with Crippen molar-refractivity contribution in [1.29, 1.82) is 0 Å². The van der Waals surface area contributed by atoms with Crippen molar-refractivity contribution in [2.24, 2.45) is 0 Å². The molecule has 0 N–H and O–H groups in total. The van der Waals surface area contributed by atoms with E-state index in [4.69, 9.17) is 23.2 Å². The molecule has 0 aliphatic heterocycles. The van der Waals surface area contributed by atoms with E-state index in [1.54, 1.807) is 25.1 Å². The molecule has 0 radical (unpaired) electrons. The number of aromatic nitrogens is 4. The van der Waals surface area contributed by atoms with Crippen LogP contribution in [0.4, 0.5) is 0 Å². The van der Waals surface area contributed by atoms with Gasteiger partial charge >= 0.3 is 0 Å². The van der Waals surface area contributed by atoms with E-state index in [2.05, 4.69) is 20.4 Å². The lowest BCUT2D eigenvalue weighted by atomic mass is 10.2. The molecule has 0 spiro atoms. The van der Waals surface area contributed by atoms with Crippen LogP contribution in [0.2, 0.25) is 10.0 Å². The zero-order valence-electron chi connectivity index (χ0n) is 7.78. The van der Waals surface area contributed by atoms with Gasteiger partial charge in [0.15, 0.2) is 5.82 Å². The van der Waals surface area contributed by atoms with Crippen LogP contribution in [-0.4, -0.2) is 20.4 Å². The molecule has 4 nitrogen and oxygen atoms in total. The van der Waals surface area contributed by atoms with Crippen molar-refractivity contribution in [1.82, 2.24) is 20.4 Å². The zero-order chi connectivity index (χ0) is 10.8. The molecular formula is C9H6Cl2N4. The summed E-state index contributed by atoms with van der Waals surface area (Å²) in [6, 6.07) is 5.06. The van der Waals surface area contributed by atoms with E-state index in [1.165, 1.54) is 0 Å². The topological polar surface area (TPSA) is 51.6 Å². The molecule has 2 rings (SSSR count). The Hall–Kier alpha value is -1.26. The summed E-state index contributed by atoms with van der Waals surface area (Å²) in [7, 11) is 0. The number of hydrogen-bond donors (Lipinski definition) is 0. The van der Waals surface area contributed by atoms with Gasteiger partial charge in [0.05, 0.1) is 0 Å². The molecule has 15 heavy (non-hydrogen) atoms. The van der Waals surface area contributed by atoms with Crippen molar-refractivity contribution in [2.75, 3.05) is 0 Å². The smallest absolute Gasteiger partial charge is 0.131 e. The normalized spacial score (nSPS) is 10.3. The predicted molar refractivity (Wildman–Crippen MR) is 57.8 cm³/mol. The van der Waals surface area contributed by atoms with Gasteiger partial charge in [-0.1, -0.05) is 23.2 Å². The van der Waals surface area contributed by atoms with Gasteiger partial charge in [0, 0.05) is 15.6 Å². The first-order valence-electron chi connectivity index (χ1n) is 4.15. The van der Waals surface area contributed by atoms with Crippen LogP contribution in [0.3, 0.4) is 0 Å². The molecule has 0 saturated carbocycles. The summed E-state index contributed by atoms with van der Waals surface area (Å²) in [5.41, 5.74) is 0.701. The van der Waals surface area contributed by atoms with E-state index in [-0.39, 0.29) is 0 Å². The van der Waals surface area contributed by atoms with Gasteiger partial charge in [0.25, 0.3) is 0 Å². The van der Waals surface area contributed by atoms with Crippen molar-refractivity contribution >= 4 is 23.2 Å². The summed E-state index contributed by atoms with van der Waals surface area (Å²) < 4.78 is 0. The maximum atomic E-state index is 5.85. The van der Waals surface area contributed by atoms with Crippen molar-refractivity contribution in [3.8, 4) is 11.4 Å². The van der Waals surface area contributed by atoms with Gasteiger partial charge in [0.1, 0.15) is 0 Å². The highest BCUT2D eigenvalue weighted by molar-refractivity contribution is 6.35. The minimum Gasteiger partial charge on any atom is -0.131 e. The third-order valence-corrected chi connectivity index (χ3v) is 2.14. The number of hydrogen-bond acceptors (Lipinski definition) is 4. The first-order chi connectivity index (χ1) is 7.15. The number of halogens is 2. The standard InChI is InChI=1S/C9H6Cl2N4/c1-5-12-14-9(15-13-5)6-2-7(10)4-8(11)3-6/h2-4H,1H3. The fourth-order valence-corrected chi connectivity index (χ4v) is 1.60. The maximum Gasteiger partial charge on any atom is 0.203 e. The second kappa shape index (κ2) is 4.08. The van der Waals surface area contributed by atoms with Gasteiger partial charge in [0.2, 0.25) is 5.82 Å². The van der Waals surface area contributed by atoms with Crippen LogP contribution in [0.15, 0.2) is 18.2 Å². The average Bonchev–Trinajstić information content (AvgIpc) is 2.17. The van der Waals surface area contributed by atoms with Crippen LogP contribution < -0.4 is 0 Å². The number of aryl methyl sites for hydroxylation is 1. The molecule has 76 valence electrons. The van der Waals surface area contributed by atoms with Crippen molar-refractivity contribution < 1.29 is 0 Å². The highest BCUT2D eigenvalue weighted by atomic mass is 35.5. The third kappa shape index (κ3) is 2.40. The Balaban J connectivity index is 2.49. The zero-order valence-corrected chi connectivity index (χ0v) is 9.29. The molecule has 1 heterocycles. The fourth-order valence-electron chi connectivity index (χ4n) is 1.08. The second-order valence-corrected chi connectivity index (χ2v) is 3.80. The van der Waals surface area contributed by atoms with Gasteiger partial charge in [-0.05, 0) is 25.1 Å². The summed E-state index contributed by atoms with van der Waals surface area (Å²) >= 11 is 11.7. The Morgan fingerprint density at radius 2 is 1.40 bits per heavy atom. The molecule has 0 fully saturated rings. The van der Waals surface area contributed by atoms with E-state index in [0.717, 1.165) is 0 Å². The summed E-state index contributed by atoms with van der Waals surface area (Å²) in [5, 5.41) is 16.4. The SMILES string of the molecule is Cc1nnc(-c2cc(Cl)cc(Cl)c2)nn1. The Morgan fingerprint density at radius 3 is 1.93 bits per heavy atom. The highest BCUT2D eigenvalue weighted by Crippen LogP contribution is 2.24. The molecule has 0 saturated heterocycles. The Bertz CT molecular complexity index is 464. The first-order valence-corrected chi connectivity index (χ1v) is 4.91. The van der Waals surface area contributed by atoms with E-state index >= 15 is 0 Å². The van der Waals surface area contributed by atoms with Crippen LogP contribution >= 0.6 is 23.2 Å². The summed E-state index contributed by atoms with van der Waals surface area (Å²) in [4.78, 5) is 0. The van der Waals surface area contributed by atoms with Crippen LogP contribution in [0.1, 0.15) is 5.82 Å². The number of rotatable bonds is 1. The minimum atomic E-state index is 0.407. The molecule has 0 aliphatic rings. The summed E-state index contributed by atoms with van der Waals surface area (Å²) in [6.45, 7) is 1.72. The van der Waals surface area contributed by atoms with Crippen molar-refractivity contribution in [3.05, 3.63) is 34.1 Å². The van der Waals surface area contributed by atoms with Crippen molar-refractivity contribution in [3.63, 3.8) is 0 Å². The average molecular weight is 241 g/mol. The molecule has 0 amide bonds. The monoisotopic (exact) mass is 240 g/mol. The van der Waals surface area contributed by atoms with E-state index < -0.39 is 0 Å². The predicted octanol–water partition coefficient (Wildman–Crippen LogP) is 2.55. The maximum absolute atomic E-state index is 5.85. The van der Waals surface area contributed by atoms with Gasteiger partial charge < -0.3 is 0 Å². The van der Waals surface area contributed by atoms with Crippen LogP contribution in [0.5, 0.6) is 0 Å². The molecular weight excluding hydrogens is 235 g/mol. The quantitative estimate of drug-likeness (QED) is 0.769. The molecule has 1 aromatic heterocycles. The van der Waals surface area contributed by atoms with Gasteiger partial charge in [-0.25, -0.2) is 0 Å². The van der Waals surface area contributed by atoms with E-state index in [1.807, 2.05) is 0 Å². The molecule has 0 bridgehead atoms. The highest BCUT2D eigenvalue weighted by Gasteiger charge is 2.05. The molecule has 0 aliphatic carbocycles. The molecule has 0 unspecified atom stereocenters. The molecule has 6 heteroatoms. The van der Waals surface area contributed by atoms with Gasteiger partial charge in [-0.15, -0.1) is 20.4 Å². The van der Waals surface area contributed by atoms with Crippen molar-refractivity contribution in [2.45, 2.75) is 6.92 Å². The van der Waals surface area contributed by atoms with E-state index in [0.29, 0.717) is 27.3 Å². The Morgan fingerprint density at radius 1 is 0.867 bits per heavy atom. The Kier molecular flexibility index (Phi) is 2.79. The number of benzene rings is 1. The first kappa shape index (κ1) is 10.3. The van der Waals surface area contributed by atoms with Gasteiger partial charge in [-0.3, -0.25) is 0 Å². The summed E-state index contributed by atoms with van der Waals surface area (Å²) in [6.07, 6.45) is 0. The lowest BCUT2D eigenvalue weighted by Gasteiger charge is -2.00. The fraction of sp³-hybridized carbons (Fsp3) is 0.111. The van der Waals surface area contributed by atoms with Crippen LogP contribution in [0.25, 0.3) is 11.4 Å². The number of nitrogens with zero attached hydrogens (tertiary/aromatic N) is 4. The lowest BCUT2D eigenvalue weighted by molar-refractivity contribution is 0.816. The third-order valence-electron chi connectivity index (χ3n) is 1.70. The minimum absolute atomic E-state index is 0.407. The largest absolute Gasteiger partial charge is 0.203 e. The molecule has 2 aromatic rings. The van der Waals surface area contributed by atoms with Gasteiger partial charge in [-0.2, -0.15) is 0 Å². The Labute approximate surface area is 96.3 Å². The van der Waals surface area contributed by atoms with E-state index in [9.17, 15) is 0 Å². The lowest BCUT2D eigenvalue weighted by Crippen LogP contribution is -1.98. The molecule has 1 aromatic carbocycles.